The van der Waals surface area contributed by atoms with Crippen LogP contribution < -0.4 is 5.73 Å². The van der Waals surface area contributed by atoms with Crippen LogP contribution >= 0.6 is 0 Å². The number of fused-ring (bicyclic) bond motifs is 2. The molecule has 0 heterocycles. The summed E-state index contributed by atoms with van der Waals surface area (Å²) in [6, 6.07) is -0.145. The highest BCUT2D eigenvalue weighted by atomic mass is 16.4. The molecule has 2 bridgehead atoms. The highest BCUT2D eigenvalue weighted by molar-refractivity contribution is 5.23. The topological polar surface area (TPSA) is 107 Å². The van der Waals surface area contributed by atoms with Gasteiger partial charge in [0.1, 0.15) is 5.60 Å². The van der Waals surface area contributed by atoms with E-state index in [1.54, 1.807) is 0 Å². The maximum absolute atomic E-state index is 11.7. The lowest BCUT2D eigenvalue weighted by Gasteiger charge is -2.48. The fourth-order valence-corrected chi connectivity index (χ4v) is 7.91. The second-order valence-electron chi connectivity index (χ2n) is 10.6. The Labute approximate surface area is 150 Å². The summed E-state index contributed by atoms with van der Waals surface area (Å²) in [4.78, 5) is 0. The normalized spacial score (nSPS) is 63.0. The van der Waals surface area contributed by atoms with Gasteiger partial charge in [-0.1, -0.05) is 20.8 Å². The zero-order valence-corrected chi connectivity index (χ0v) is 15.9. The Hall–Kier alpha value is -0.200. The van der Waals surface area contributed by atoms with Gasteiger partial charge in [0.2, 0.25) is 0 Å². The van der Waals surface area contributed by atoms with Gasteiger partial charge in [-0.3, -0.25) is 0 Å². The minimum atomic E-state index is -1.32. The molecular formula is C20H35NO4. The molecule has 1 spiro atoms. The first-order valence-corrected chi connectivity index (χ1v) is 9.96. The average molecular weight is 354 g/mol. The van der Waals surface area contributed by atoms with Gasteiger partial charge in [0, 0.05) is 17.4 Å². The molecule has 25 heavy (non-hydrogen) atoms. The number of rotatable bonds is 0. The molecule has 0 aliphatic heterocycles. The molecule has 144 valence electrons. The van der Waals surface area contributed by atoms with Crippen molar-refractivity contribution in [3.05, 3.63) is 0 Å². The van der Waals surface area contributed by atoms with Gasteiger partial charge < -0.3 is 26.2 Å². The van der Waals surface area contributed by atoms with E-state index in [0.717, 1.165) is 12.8 Å². The van der Waals surface area contributed by atoms with Crippen LogP contribution in [0.2, 0.25) is 0 Å². The van der Waals surface area contributed by atoms with Crippen molar-refractivity contribution >= 4 is 0 Å². The largest absolute Gasteiger partial charge is 0.392 e. The average Bonchev–Trinajstić information content (AvgIpc) is 2.71. The van der Waals surface area contributed by atoms with Crippen LogP contribution in [0.5, 0.6) is 0 Å². The minimum Gasteiger partial charge on any atom is -0.392 e. The molecule has 4 saturated carbocycles. The molecule has 5 heteroatoms. The van der Waals surface area contributed by atoms with Crippen LogP contribution in [0.15, 0.2) is 0 Å². The Balaban J connectivity index is 1.83. The summed E-state index contributed by atoms with van der Waals surface area (Å²) in [5.41, 5.74) is 3.48. The quantitative estimate of drug-likeness (QED) is 0.447. The summed E-state index contributed by atoms with van der Waals surface area (Å²) in [5, 5.41) is 44.5. The summed E-state index contributed by atoms with van der Waals surface area (Å²) in [5.74, 6) is 0.336. The summed E-state index contributed by atoms with van der Waals surface area (Å²) in [7, 11) is 0. The predicted molar refractivity (Wildman–Crippen MR) is 94.5 cm³/mol. The molecule has 4 aliphatic rings. The maximum Gasteiger partial charge on any atom is 0.101 e. The third-order valence-electron chi connectivity index (χ3n) is 9.37. The van der Waals surface area contributed by atoms with E-state index in [4.69, 9.17) is 5.73 Å². The first-order chi connectivity index (χ1) is 11.4. The molecule has 0 amide bonds. The zero-order valence-electron chi connectivity index (χ0n) is 15.9. The lowest BCUT2D eigenvalue weighted by Crippen LogP contribution is -2.57. The highest BCUT2D eigenvalue weighted by Gasteiger charge is 2.72. The van der Waals surface area contributed by atoms with Gasteiger partial charge in [-0.05, 0) is 62.2 Å². The molecule has 0 aromatic rings. The Morgan fingerprint density at radius 2 is 1.52 bits per heavy atom. The van der Waals surface area contributed by atoms with Gasteiger partial charge in [0.15, 0.2) is 0 Å². The maximum atomic E-state index is 11.7. The molecule has 0 radical (unpaired) electrons. The molecule has 4 aliphatic carbocycles. The van der Waals surface area contributed by atoms with E-state index < -0.39 is 28.8 Å². The molecule has 0 saturated heterocycles. The Bertz CT molecular complexity index is 578. The molecule has 0 unspecified atom stereocenters. The van der Waals surface area contributed by atoms with E-state index in [1.165, 1.54) is 0 Å². The third kappa shape index (κ3) is 1.92. The molecule has 4 fully saturated rings. The Morgan fingerprint density at radius 3 is 2.16 bits per heavy atom. The van der Waals surface area contributed by atoms with Crippen LogP contribution in [0.1, 0.15) is 59.8 Å². The number of hydrogen-bond acceptors (Lipinski definition) is 5. The second-order valence-corrected chi connectivity index (χ2v) is 10.6. The molecule has 4 rings (SSSR count). The van der Waals surface area contributed by atoms with Crippen LogP contribution in [0.4, 0.5) is 0 Å². The van der Waals surface area contributed by atoms with Crippen molar-refractivity contribution in [1.82, 2.24) is 0 Å². The number of aliphatic hydroxyl groups is 4. The van der Waals surface area contributed by atoms with Crippen molar-refractivity contribution in [3.63, 3.8) is 0 Å². The summed E-state index contributed by atoms with van der Waals surface area (Å²) in [6.45, 7) is 7.79. The minimum absolute atomic E-state index is 0.0642. The van der Waals surface area contributed by atoms with Crippen molar-refractivity contribution in [2.24, 2.45) is 40.2 Å². The molecule has 10 atom stereocenters. The number of nitrogens with two attached hydrogens (primary N) is 1. The fourth-order valence-electron chi connectivity index (χ4n) is 7.91. The number of aliphatic hydroxyl groups excluding tert-OH is 2. The van der Waals surface area contributed by atoms with E-state index in [0.29, 0.717) is 19.3 Å². The Kier molecular flexibility index (Phi) is 3.63. The first-order valence-electron chi connectivity index (χ1n) is 9.96. The predicted octanol–water partition coefficient (Wildman–Crippen LogP) is 1.02. The third-order valence-corrected chi connectivity index (χ3v) is 9.37. The zero-order chi connectivity index (χ0) is 18.6. The van der Waals surface area contributed by atoms with Gasteiger partial charge >= 0.3 is 0 Å². The summed E-state index contributed by atoms with van der Waals surface area (Å²) < 4.78 is 0. The van der Waals surface area contributed by atoms with Crippen molar-refractivity contribution in [3.8, 4) is 0 Å². The van der Waals surface area contributed by atoms with Crippen LogP contribution in [-0.4, -0.2) is 49.9 Å². The van der Waals surface area contributed by atoms with Crippen molar-refractivity contribution in [2.75, 3.05) is 0 Å². The van der Waals surface area contributed by atoms with Gasteiger partial charge in [-0.15, -0.1) is 0 Å². The van der Waals surface area contributed by atoms with Gasteiger partial charge in [-0.2, -0.15) is 0 Å². The van der Waals surface area contributed by atoms with Crippen molar-refractivity contribution < 1.29 is 20.4 Å². The molecule has 0 aromatic heterocycles. The summed E-state index contributed by atoms with van der Waals surface area (Å²) in [6.07, 6.45) is 1.86. The SMILES string of the molecule is C[C@H]1[C@@H]2CC[C@@H]3[C@@H](N)[C@@]2(C[C@@H](O)[C@@]2(O)[C@H]1C[C@H](O)C2(C)C)C[C@@]3(C)O. The van der Waals surface area contributed by atoms with E-state index in [-0.39, 0.29) is 35.1 Å². The molecule has 0 aromatic carbocycles. The smallest absolute Gasteiger partial charge is 0.101 e. The first kappa shape index (κ1) is 18.2. The fraction of sp³-hybridized carbons (Fsp3) is 1.00. The lowest BCUT2D eigenvalue weighted by molar-refractivity contribution is -0.176. The van der Waals surface area contributed by atoms with E-state index in [9.17, 15) is 20.4 Å². The molecule has 5 nitrogen and oxygen atoms in total. The van der Waals surface area contributed by atoms with Crippen molar-refractivity contribution in [2.45, 2.75) is 89.3 Å². The van der Waals surface area contributed by atoms with Crippen LogP contribution in [0.3, 0.4) is 0 Å². The molecule has 6 N–H and O–H groups in total. The van der Waals surface area contributed by atoms with E-state index in [2.05, 4.69) is 6.92 Å². The van der Waals surface area contributed by atoms with Gasteiger partial charge in [0.25, 0.3) is 0 Å². The van der Waals surface area contributed by atoms with Crippen LogP contribution in [0.25, 0.3) is 0 Å². The monoisotopic (exact) mass is 353 g/mol. The van der Waals surface area contributed by atoms with Gasteiger partial charge in [-0.25, -0.2) is 0 Å². The second kappa shape index (κ2) is 4.99. The van der Waals surface area contributed by atoms with Crippen LogP contribution in [0, 0.1) is 34.5 Å². The van der Waals surface area contributed by atoms with E-state index >= 15 is 0 Å². The molecular weight excluding hydrogens is 318 g/mol. The lowest BCUT2D eigenvalue weighted by atomic mass is 9.58. The van der Waals surface area contributed by atoms with Crippen molar-refractivity contribution in [1.29, 1.82) is 0 Å². The standard InChI is InChI=1S/C20H35NO4/c1-10-11-5-6-12-16(21)19(11,9-18(12,4)24)8-15(23)20(25)13(10)7-14(22)17(20,2)3/h10-16,22-25H,5-9,21H2,1-4H3/t10-,11-,12+,13-,14-,15+,16+,18+,19-,20-/m0/s1. The highest BCUT2D eigenvalue weighted by Crippen LogP contribution is 2.68. The number of hydrogen-bond donors (Lipinski definition) is 5. The van der Waals surface area contributed by atoms with Gasteiger partial charge in [0.05, 0.1) is 17.8 Å². The summed E-state index contributed by atoms with van der Waals surface area (Å²) >= 11 is 0. The Morgan fingerprint density at radius 1 is 0.920 bits per heavy atom. The van der Waals surface area contributed by atoms with E-state index in [1.807, 2.05) is 20.8 Å². The van der Waals surface area contributed by atoms with Crippen LogP contribution in [-0.2, 0) is 0 Å².